The van der Waals surface area contributed by atoms with Gasteiger partial charge >= 0.3 is 5.97 Å². The molecule has 0 aromatic heterocycles. The lowest BCUT2D eigenvalue weighted by molar-refractivity contribution is -0.143. The second kappa shape index (κ2) is 7.53. The van der Waals surface area contributed by atoms with Gasteiger partial charge in [-0.3, -0.25) is 4.79 Å². The lowest BCUT2D eigenvalue weighted by Crippen LogP contribution is -2.44. The van der Waals surface area contributed by atoms with E-state index in [-0.39, 0.29) is 42.2 Å². The molecule has 110 valence electrons. The number of rotatable bonds is 4. The fraction of sp³-hybridized carbons (Fsp3) is 0.917. The monoisotopic (exact) mass is 300 g/mol. The van der Waals surface area contributed by atoms with E-state index in [2.05, 4.69) is 18.7 Å². The van der Waals surface area contributed by atoms with Crippen LogP contribution in [0.1, 0.15) is 27.7 Å². The minimum absolute atomic E-state index is 0. The van der Waals surface area contributed by atoms with Crippen molar-refractivity contribution in [3.8, 4) is 0 Å². The molecule has 1 rings (SSSR count). The van der Waals surface area contributed by atoms with Crippen molar-refractivity contribution in [3.05, 3.63) is 0 Å². The van der Waals surface area contributed by atoms with Crippen LogP contribution in [0.2, 0.25) is 0 Å². The molecule has 0 amide bonds. The average molecular weight is 301 g/mol. The minimum atomic E-state index is -0.670. The zero-order valence-corrected chi connectivity index (χ0v) is 13.2. The molecule has 1 fully saturated rings. The number of nitrogens with two attached hydrogens (primary N) is 1. The molecule has 18 heavy (non-hydrogen) atoms. The molecular weight excluding hydrogens is 275 g/mol. The fourth-order valence-corrected chi connectivity index (χ4v) is 2.56. The van der Waals surface area contributed by atoms with Crippen molar-refractivity contribution in [1.29, 1.82) is 0 Å². The third-order valence-electron chi connectivity index (χ3n) is 3.25. The van der Waals surface area contributed by atoms with Crippen molar-refractivity contribution < 1.29 is 9.90 Å². The van der Waals surface area contributed by atoms with Gasteiger partial charge in [-0.25, -0.2) is 0 Å². The summed E-state index contributed by atoms with van der Waals surface area (Å²) in [6, 6.07) is 0. The van der Waals surface area contributed by atoms with Gasteiger partial charge in [0.2, 0.25) is 0 Å². The molecule has 1 aliphatic rings. The SMILES string of the molecule is CC(C)[C@@H]1CN(CC(C)(C)N)C[C@H]1C(=O)O.Cl.Cl. The zero-order valence-electron chi connectivity index (χ0n) is 11.5. The molecule has 0 radical (unpaired) electrons. The van der Waals surface area contributed by atoms with Crippen LogP contribution in [0.5, 0.6) is 0 Å². The summed E-state index contributed by atoms with van der Waals surface area (Å²) >= 11 is 0. The van der Waals surface area contributed by atoms with Gasteiger partial charge in [0.25, 0.3) is 0 Å². The number of likely N-dealkylation sites (tertiary alicyclic amines) is 1. The predicted molar refractivity (Wildman–Crippen MR) is 78.7 cm³/mol. The number of nitrogens with zero attached hydrogens (tertiary/aromatic N) is 1. The van der Waals surface area contributed by atoms with Crippen molar-refractivity contribution >= 4 is 30.8 Å². The summed E-state index contributed by atoms with van der Waals surface area (Å²) < 4.78 is 0. The Balaban J connectivity index is 0. The first kappa shape index (κ1) is 20.3. The molecule has 6 heteroatoms. The van der Waals surface area contributed by atoms with E-state index in [1.165, 1.54) is 0 Å². The summed E-state index contributed by atoms with van der Waals surface area (Å²) in [5.74, 6) is -0.245. The second-order valence-corrected chi connectivity index (χ2v) is 6.04. The van der Waals surface area contributed by atoms with E-state index >= 15 is 0 Å². The molecule has 3 N–H and O–H groups in total. The Hall–Kier alpha value is -0.0300. The summed E-state index contributed by atoms with van der Waals surface area (Å²) in [6.45, 7) is 10.4. The zero-order chi connectivity index (χ0) is 12.5. The Labute approximate surface area is 122 Å². The molecule has 0 saturated carbocycles. The van der Waals surface area contributed by atoms with E-state index in [4.69, 9.17) is 5.73 Å². The Bertz CT molecular complexity index is 267. The number of carboxylic acid groups (broad SMARTS) is 1. The number of halogens is 2. The molecule has 0 bridgehead atoms. The van der Waals surface area contributed by atoms with Crippen molar-refractivity contribution in [2.75, 3.05) is 19.6 Å². The molecule has 4 nitrogen and oxygen atoms in total. The van der Waals surface area contributed by atoms with Gasteiger partial charge in [0.15, 0.2) is 0 Å². The van der Waals surface area contributed by atoms with Crippen LogP contribution in [0, 0.1) is 17.8 Å². The summed E-state index contributed by atoms with van der Waals surface area (Å²) in [5.41, 5.74) is 5.71. The third-order valence-corrected chi connectivity index (χ3v) is 3.25. The van der Waals surface area contributed by atoms with Crippen LogP contribution in [0.25, 0.3) is 0 Å². The Kier molecular flexibility index (Phi) is 8.49. The highest BCUT2D eigenvalue weighted by atomic mass is 35.5. The van der Waals surface area contributed by atoms with Gasteiger partial charge in [0.1, 0.15) is 0 Å². The predicted octanol–water partition coefficient (Wildman–Crippen LogP) is 1.86. The van der Waals surface area contributed by atoms with Crippen LogP contribution in [0.4, 0.5) is 0 Å². The normalized spacial score (nSPS) is 24.6. The summed E-state index contributed by atoms with van der Waals surface area (Å²) in [4.78, 5) is 13.4. The van der Waals surface area contributed by atoms with Crippen molar-refractivity contribution in [2.45, 2.75) is 33.2 Å². The van der Waals surface area contributed by atoms with Gasteiger partial charge in [-0.2, -0.15) is 0 Å². The van der Waals surface area contributed by atoms with Gasteiger partial charge < -0.3 is 15.7 Å². The first-order valence-corrected chi connectivity index (χ1v) is 5.95. The fourth-order valence-electron chi connectivity index (χ4n) is 2.56. The van der Waals surface area contributed by atoms with Crippen LogP contribution in [-0.2, 0) is 4.79 Å². The smallest absolute Gasteiger partial charge is 0.308 e. The maximum absolute atomic E-state index is 11.2. The quantitative estimate of drug-likeness (QED) is 0.832. The summed E-state index contributed by atoms with van der Waals surface area (Å²) in [6.07, 6.45) is 0. The van der Waals surface area contributed by atoms with E-state index in [1.54, 1.807) is 0 Å². The molecule has 2 atom stereocenters. The summed E-state index contributed by atoms with van der Waals surface area (Å²) in [7, 11) is 0. The minimum Gasteiger partial charge on any atom is -0.481 e. The van der Waals surface area contributed by atoms with Crippen LogP contribution in [-0.4, -0.2) is 41.1 Å². The van der Waals surface area contributed by atoms with E-state index < -0.39 is 5.97 Å². The highest BCUT2D eigenvalue weighted by Gasteiger charge is 2.39. The Morgan fingerprint density at radius 3 is 2.17 bits per heavy atom. The lowest BCUT2D eigenvalue weighted by Gasteiger charge is -2.26. The standard InChI is InChI=1S/C12H24N2O2.2ClH/c1-8(2)9-5-14(7-12(3,4)13)6-10(9)11(15)16;;/h8-10H,5-7,13H2,1-4H3,(H,15,16);2*1H/t9-,10+;;/m0../s1. The maximum Gasteiger partial charge on any atom is 0.308 e. The lowest BCUT2D eigenvalue weighted by atomic mass is 9.86. The maximum atomic E-state index is 11.2. The van der Waals surface area contributed by atoms with Crippen LogP contribution >= 0.6 is 24.8 Å². The molecule has 0 unspecified atom stereocenters. The van der Waals surface area contributed by atoms with Gasteiger partial charge in [-0.05, 0) is 25.7 Å². The molecule has 1 saturated heterocycles. The molecular formula is C12H26Cl2N2O2. The molecule has 0 aromatic rings. The van der Waals surface area contributed by atoms with E-state index in [1.807, 2.05) is 13.8 Å². The highest BCUT2D eigenvalue weighted by molar-refractivity contribution is 5.85. The number of carboxylic acids is 1. The first-order valence-electron chi connectivity index (χ1n) is 5.95. The van der Waals surface area contributed by atoms with E-state index in [9.17, 15) is 9.90 Å². The topological polar surface area (TPSA) is 66.6 Å². The van der Waals surface area contributed by atoms with Crippen LogP contribution in [0.15, 0.2) is 0 Å². The van der Waals surface area contributed by atoms with Gasteiger partial charge in [-0.1, -0.05) is 13.8 Å². The van der Waals surface area contributed by atoms with E-state index in [0.717, 1.165) is 13.1 Å². The van der Waals surface area contributed by atoms with Crippen molar-refractivity contribution in [1.82, 2.24) is 4.90 Å². The molecule has 0 aromatic carbocycles. The van der Waals surface area contributed by atoms with Crippen LogP contribution in [0.3, 0.4) is 0 Å². The molecule has 1 aliphatic heterocycles. The Morgan fingerprint density at radius 2 is 1.89 bits per heavy atom. The average Bonchev–Trinajstić information content (AvgIpc) is 2.44. The van der Waals surface area contributed by atoms with Gasteiger partial charge in [-0.15, -0.1) is 24.8 Å². The number of hydrogen-bond acceptors (Lipinski definition) is 3. The number of hydrogen-bond donors (Lipinski definition) is 2. The Morgan fingerprint density at radius 1 is 1.39 bits per heavy atom. The number of carbonyl (C=O) groups is 1. The molecule has 0 aliphatic carbocycles. The first-order chi connectivity index (χ1) is 7.20. The van der Waals surface area contributed by atoms with Crippen LogP contribution < -0.4 is 5.73 Å². The molecule has 1 heterocycles. The molecule has 0 spiro atoms. The van der Waals surface area contributed by atoms with E-state index in [0.29, 0.717) is 12.5 Å². The second-order valence-electron chi connectivity index (χ2n) is 6.04. The third kappa shape index (κ3) is 5.74. The summed E-state index contributed by atoms with van der Waals surface area (Å²) in [5, 5.41) is 9.19. The van der Waals surface area contributed by atoms with Gasteiger partial charge in [0, 0.05) is 25.2 Å². The largest absolute Gasteiger partial charge is 0.481 e. The van der Waals surface area contributed by atoms with Crippen molar-refractivity contribution in [3.63, 3.8) is 0 Å². The van der Waals surface area contributed by atoms with Crippen molar-refractivity contribution in [2.24, 2.45) is 23.5 Å². The van der Waals surface area contributed by atoms with Gasteiger partial charge in [0.05, 0.1) is 5.92 Å². The highest BCUT2D eigenvalue weighted by Crippen LogP contribution is 2.30. The number of aliphatic carboxylic acids is 1.